The Morgan fingerprint density at radius 3 is 2.62 bits per heavy atom. The van der Waals surface area contributed by atoms with Crippen LogP contribution in [0.1, 0.15) is 60.5 Å². The summed E-state index contributed by atoms with van der Waals surface area (Å²) in [6.45, 7) is 1.73. The molecule has 40 heavy (non-hydrogen) atoms. The number of ether oxygens (including phenoxy) is 1. The van der Waals surface area contributed by atoms with Gasteiger partial charge >= 0.3 is 11.9 Å². The molecule has 6 rings (SSSR count). The van der Waals surface area contributed by atoms with Gasteiger partial charge in [0.05, 0.1) is 22.9 Å². The number of aromatic nitrogens is 5. The Bertz CT molecular complexity index is 1570. The van der Waals surface area contributed by atoms with Crippen LogP contribution in [0.15, 0.2) is 53.8 Å². The molecule has 4 aromatic rings. The van der Waals surface area contributed by atoms with Crippen LogP contribution in [-0.2, 0) is 24.5 Å². The monoisotopic (exact) mass is 554 g/mol. The van der Waals surface area contributed by atoms with Gasteiger partial charge in [-0.05, 0) is 67.5 Å². The molecule has 1 saturated heterocycles. The molecule has 0 radical (unpaired) electrons. The Hall–Kier alpha value is -3.44. The maximum absolute atomic E-state index is 14.3. The molecule has 4 heterocycles. The topological polar surface area (TPSA) is 69.6 Å². The van der Waals surface area contributed by atoms with Gasteiger partial charge in [-0.2, -0.15) is 13.2 Å². The standard InChI is InChI=1S/C29H33F3N6O2/c1-35-18-33-34-27(35)26(20-6-3-7-20)21-8-4-9-22(13-21)37-17-25-24(29(30,31)32)12-19(15-38(25)28(37)39)14-36-11-5-10-23(16-36)40-2/h4,8-9,12-13,15,17-18,20,23,26H,3,5-7,10-11,14,16H2,1-2H3/t23-,26-/m1/s1. The van der Waals surface area contributed by atoms with Crippen molar-refractivity contribution in [2.24, 2.45) is 13.0 Å². The van der Waals surface area contributed by atoms with Crippen LogP contribution in [0, 0.1) is 5.92 Å². The number of halogens is 3. The van der Waals surface area contributed by atoms with E-state index in [0.29, 0.717) is 30.3 Å². The SMILES string of the molecule is CO[C@@H]1CCCN(Cc2cc(C(F)(F)F)c3cn(-c4cccc([C@H](c5nncn5C)C5CCC5)c4)c(=O)n3c2)C1. The molecule has 212 valence electrons. The largest absolute Gasteiger partial charge is 0.418 e. The Morgan fingerprint density at radius 1 is 1.12 bits per heavy atom. The van der Waals surface area contributed by atoms with Crippen LogP contribution in [0.25, 0.3) is 11.2 Å². The van der Waals surface area contributed by atoms with Crippen LogP contribution in [0.2, 0.25) is 0 Å². The number of aryl methyl sites for hydroxylation is 1. The summed E-state index contributed by atoms with van der Waals surface area (Å²) in [5.41, 5.74) is 0.415. The van der Waals surface area contributed by atoms with E-state index in [1.165, 1.54) is 16.8 Å². The second-order valence-electron chi connectivity index (χ2n) is 11.1. The number of hydrogen-bond acceptors (Lipinski definition) is 5. The summed E-state index contributed by atoms with van der Waals surface area (Å²) < 4.78 is 52.6. The molecule has 1 saturated carbocycles. The molecule has 0 amide bonds. The van der Waals surface area contributed by atoms with Gasteiger partial charge in [-0.25, -0.2) is 4.79 Å². The molecule has 0 bridgehead atoms. The maximum Gasteiger partial charge on any atom is 0.418 e. The molecule has 2 aliphatic rings. The Kier molecular flexibility index (Phi) is 7.03. The summed E-state index contributed by atoms with van der Waals surface area (Å²) in [6.07, 6.45) is 5.09. The number of benzene rings is 1. The summed E-state index contributed by atoms with van der Waals surface area (Å²) in [5.74, 6) is 1.23. The predicted molar refractivity (Wildman–Crippen MR) is 143 cm³/mol. The first kappa shape index (κ1) is 26.8. The lowest BCUT2D eigenvalue weighted by Crippen LogP contribution is -2.38. The third kappa shape index (κ3) is 4.96. The van der Waals surface area contributed by atoms with Gasteiger partial charge in [-0.3, -0.25) is 13.9 Å². The zero-order valence-corrected chi connectivity index (χ0v) is 22.6. The quantitative estimate of drug-likeness (QED) is 0.329. The first-order chi connectivity index (χ1) is 19.2. The van der Waals surface area contributed by atoms with Gasteiger partial charge in [0.25, 0.3) is 0 Å². The number of imidazole rings is 1. The van der Waals surface area contributed by atoms with Crippen molar-refractivity contribution in [1.29, 1.82) is 0 Å². The lowest BCUT2D eigenvalue weighted by Gasteiger charge is -2.33. The Morgan fingerprint density at radius 2 is 1.95 bits per heavy atom. The van der Waals surface area contributed by atoms with E-state index in [1.807, 2.05) is 29.8 Å². The Labute approximate surface area is 230 Å². The number of rotatable bonds is 7. The number of hydrogen-bond donors (Lipinski definition) is 0. The molecular weight excluding hydrogens is 521 g/mol. The number of fused-ring (bicyclic) bond motifs is 1. The number of likely N-dealkylation sites (tertiary alicyclic amines) is 1. The van der Waals surface area contributed by atoms with Gasteiger partial charge in [0, 0.05) is 45.6 Å². The van der Waals surface area contributed by atoms with Crippen LogP contribution in [-0.4, -0.2) is 54.9 Å². The van der Waals surface area contributed by atoms with Gasteiger partial charge < -0.3 is 9.30 Å². The van der Waals surface area contributed by atoms with Crippen LogP contribution in [0.5, 0.6) is 0 Å². The lowest BCUT2D eigenvalue weighted by atomic mass is 9.72. The van der Waals surface area contributed by atoms with Crippen LogP contribution in [0.3, 0.4) is 0 Å². The molecule has 2 fully saturated rings. The number of piperidine rings is 1. The lowest BCUT2D eigenvalue weighted by molar-refractivity contribution is -0.136. The van der Waals surface area contributed by atoms with Gasteiger partial charge in [0.15, 0.2) is 0 Å². The predicted octanol–water partition coefficient (Wildman–Crippen LogP) is 4.78. The molecule has 0 spiro atoms. The highest BCUT2D eigenvalue weighted by molar-refractivity contribution is 5.58. The molecule has 1 aliphatic heterocycles. The number of methoxy groups -OCH3 is 1. The van der Waals surface area contributed by atoms with Crippen molar-refractivity contribution >= 4 is 5.52 Å². The van der Waals surface area contributed by atoms with Gasteiger partial charge in [-0.15, -0.1) is 10.2 Å². The van der Waals surface area contributed by atoms with Crippen molar-refractivity contribution < 1.29 is 17.9 Å². The maximum atomic E-state index is 14.3. The van der Waals surface area contributed by atoms with Gasteiger partial charge in [0.1, 0.15) is 12.2 Å². The van der Waals surface area contributed by atoms with E-state index in [1.54, 1.807) is 25.7 Å². The summed E-state index contributed by atoms with van der Waals surface area (Å²) in [4.78, 5) is 15.7. The van der Waals surface area contributed by atoms with E-state index in [4.69, 9.17) is 4.74 Å². The second kappa shape index (κ2) is 10.5. The highest BCUT2D eigenvalue weighted by atomic mass is 19.4. The minimum absolute atomic E-state index is 0.00765. The van der Waals surface area contributed by atoms with E-state index >= 15 is 0 Å². The van der Waals surface area contributed by atoms with Crippen LogP contribution in [0.4, 0.5) is 13.2 Å². The molecule has 2 atom stereocenters. The normalized spacial score (nSPS) is 19.7. The molecular formula is C29H33F3N6O2. The second-order valence-corrected chi connectivity index (χ2v) is 11.1. The first-order valence-corrected chi connectivity index (χ1v) is 13.8. The van der Waals surface area contributed by atoms with Crippen molar-refractivity contribution in [3.05, 3.63) is 82.1 Å². The molecule has 0 unspecified atom stereocenters. The summed E-state index contributed by atoms with van der Waals surface area (Å²) in [6, 6.07) is 8.66. The van der Waals surface area contributed by atoms with E-state index < -0.39 is 17.4 Å². The zero-order valence-electron chi connectivity index (χ0n) is 22.6. The van der Waals surface area contributed by atoms with Gasteiger partial charge in [0.2, 0.25) is 0 Å². The minimum atomic E-state index is -4.61. The van der Waals surface area contributed by atoms with Gasteiger partial charge in [-0.1, -0.05) is 18.6 Å². The fourth-order valence-electron chi connectivity index (χ4n) is 6.20. The van der Waals surface area contributed by atoms with Crippen molar-refractivity contribution in [3.8, 4) is 5.69 Å². The molecule has 1 aromatic carbocycles. The van der Waals surface area contributed by atoms with Crippen LogP contribution < -0.4 is 5.69 Å². The molecule has 11 heteroatoms. The summed E-state index contributed by atoms with van der Waals surface area (Å²) in [5, 5.41) is 8.42. The minimum Gasteiger partial charge on any atom is -0.380 e. The van der Waals surface area contributed by atoms with Crippen molar-refractivity contribution in [1.82, 2.24) is 28.6 Å². The molecule has 0 N–H and O–H groups in total. The smallest absolute Gasteiger partial charge is 0.380 e. The number of nitrogens with zero attached hydrogens (tertiary/aromatic N) is 6. The number of alkyl halides is 3. The summed E-state index contributed by atoms with van der Waals surface area (Å²) >= 11 is 0. The average molecular weight is 555 g/mol. The van der Waals surface area contributed by atoms with Crippen molar-refractivity contribution in [3.63, 3.8) is 0 Å². The molecule has 1 aliphatic carbocycles. The van der Waals surface area contributed by atoms with E-state index in [9.17, 15) is 18.0 Å². The third-order valence-electron chi connectivity index (χ3n) is 8.48. The fourth-order valence-corrected chi connectivity index (χ4v) is 6.20. The van der Waals surface area contributed by atoms with E-state index in [2.05, 4.69) is 15.1 Å². The molecule has 3 aromatic heterocycles. The highest BCUT2D eigenvalue weighted by Gasteiger charge is 2.36. The van der Waals surface area contributed by atoms with E-state index in [0.717, 1.165) is 54.4 Å². The first-order valence-electron chi connectivity index (χ1n) is 13.8. The van der Waals surface area contributed by atoms with Crippen molar-refractivity contribution in [2.45, 2.75) is 56.8 Å². The van der Waals surface area contributed by atoms with Crippen LogP contribution >= 0.6 is 0 Å². The number of pyridine rings is 1. The highest BCUT2D eigenvalue weighted by Crippen LogP contribution is 2.43. The average Bonchev–Trinajstić information content (AvgIpc) is 3.48. The third-order valence-corrected chi connectivity index (χ3v) is 8.48. The Balaban J connectivity index is 1.41. The fraction of sp³-hybridized carbons (Fsp3) is 0.483. The summed E-state index contributed by atoms with van der Waals surface area (Å²) in [7, 11) is 3.56. The van der Waals surface area contributed by atoms with E-state index in [-0.39, 0.29) is 17.5 Å². The zero-order chi connectivity index (χ0) is 28.0. The molecule has 8 nitrogen and oxygen atoms in total. The van der Waals surface area contributed by atoms with Crippen molar-refractivity contribution in [2.75, 3.05) is 20.2 Å².